The Morgan fingerprint density at radius 3 is 1.78 bits per heavy atom. The van der Waals surface area contributed by atoms with Gasteiger partial charge in [-0.15, -0.1) is 0 Å². The van der Waals surface area contributed by atoms with Gasteiger partial charge >= 0.3 is 0 Å². The van der Waals surface area contributed by atoms with E-state index in [0.29, 0.717) is 11.1 Å². The van der Waals surface area contributed by atoms with Gasteiger partial charge in [0.05, 0.1) is 0 Å². The van der Waals surface area contributed by atoms with E-state index in [0.717, 1.165) is 48.1 Å². The summed E-state index contributed by atoms with van der Waals surface area (Å²) < 4.78 is 0. The normalized spacial score (nSPS) is 16.9. The molecule has 0 spiro atoms. The molecule has 0 bridgehead atoms. The van der Waals surface area contributed by atoms with E-state index in [9.17, 15) is 10.2 Å². The lowest BCUT2D eigenvalue weighted by Gasteiger charge is -2.53. The molecule has 0 unspecified atom stereocenters. The van der Waals surface area contributed by atoms with E-state index in [1.54, 1.807) is 0 Å². The molecule has 0 aromatic heterocycles. The number of likely N-dealkylation sites (N-methyl/N-ethyl adjacent to an activating group) is 2. The van der Waals surface area contributed by atoms with Crippen LogP contribution in [0.15, 0.2) is 72.8 Å². The van der Waals surface area contributed by atoms with Crippen molar-refractivity contribution in [3.63, 3.8) is 0 Å². The van der Waals surface area contributed by atoms with Gasteiger partial charge in [-0.05, 0) is 60.2 Å². The fraction of sp³-hybridized carbons (Fsp3) is 0.357. The zero-order chi connectivity index (χ0) is 22.9. The summed E-state index contributed by atoms with van der Waals surface area (Å²) in [5, 5.41) is 25.3. The molecule has 2 N–H and O–H groups in total. The van der Waals surface area contributed by atoms with E-state index in [-0.39, 0.29) is 0 Å². The molecular weight excluding hydrogens is 396 g/mol. The van der Waals surface area contributed by atoms with Crippen LogP contribution in [0.2, 0.25) is 0 Å². The predicted molar refractivity (Wildman–Crippen MR) is 132 cm³/mol. The maximum Gasteiger partial charge on any atom is 0.218 e. The molecule has 0 fully saturated rings. The van der Waals surface area contributed by atoms with Gasteiger partial charge in [-0.25, -0.2) is 0 Å². The summed E-state index contributed by atoms with van der Waals surface area (Å²) in [4.78, 5) is 4.82. The minimum absolute atomic E-state index is 0.528. The smallest absolute Gasteiger partial charge is 0.218 e. The molecule has 3 aromatic carbocycles. The maximum absolute atomic E-state index is 11.5. The molecule has 0 radical (unpaired) electrons. The molecule has 0 saturated heterocycles. The summed E-state index contributed by atoms with van der Waals surface area (Å²) in [5.74, 6) is -2.08. The molecule has 4 heteroatoms. The highest BCUT2D eigenvalue weighted by molar-refractivity contribution is 5.88. The molecule has 1 aliphatic rings. The second kappa shape index (κ2) is 8.80. The Kier molecular flexibility index (Phi) is 6.24. The Bertz CT molecular complexity index is 1110. The zero-order valence-electron chi connectivity index (χ0n) is 19.5. The van der Waals surface area contributed by atoms with Gasteiger partial charge in [-0.1, -0.05) is 88.4 Å². The lowest BCUT2D eigenvalue weighted by Crippen LogP contribution is -2.59. The molecule has 4 nitrogen and oxygen atoms in total. The van der Waals surface area contributed by atoms with E-state index in [2.05, 4.69) is 67.8 Å². The number of aliphatic hydroxyl groups is 2. The topological polar surface area (TPSA) is 46.9 Å². The molecule has 168 valence electrons. The van der Waals surface area contributed by atoms with Crippen molar-refractivity contribution < 1.29 is 10.2 Å². The van der Waals surface area contributed by atoms with Crippen LogP contribution in [-0.2, 0) is 11.4 Å². The van der Waals surface area contributed by atoms with E-state index < -0.39 is 11.4 Å². The Balaban J connectivity index is 2.07. The second-order valence-electron chi connectivity index (χ2n) is 8.41. The SMILES string of the molecule is CCN(CC)C1(N(CC)CC)C=C(c2ccc3ccccc3c2)C(O)(O)c2ccccc21. The van der Waals surface area contributed by atoms with E-state index >= 15 is 0 Å². The molecular formula is C28H34N2O2. The van der Waals surface area contributed by atoms with Crippen molar-refractivity contribution in [3.05, 3.63) is 89.5 Å². The van der Waals surface area contributed by atoms with Gasteiger partial charge in [-0.3, -0.25) is 9.80 Å². The summed E-state index contributed by atoms with van der Waals surface area (Å²) in [6.07, 6.45) is 2.10. The van der Waals surface area contributed by atoms with Gasteiger partial charge in [0.1, 0.15) is 5.66 Å². The molecule has 1 aliphatic carbocycles. The highest BCUT2D eigenvalue weighted by atomic mass is 16.5. The second-order valence-corrected chi connectivity index (χ2v) is 8.41. The zero-order valence-corrected chi connectivity index (χ0v) is 19.5. The molecule has 32 heavy (non-hydrogen) atoms. The predicted octanol–water partition coefficient (Wildman–Crippen LogP) is 4.91. The first-order valence-corrected chi connectivity index (χ1v) is 11.7. The van der Waals surface area contributed by atoms with Crippen LogP contribution in [-0.4, -0.2) is 46.2 Å². The summed E-state index contributed by atoms with van der Waals surface area (Å²) >= 11 is 0. The molecule has 0 heterocycles. The van der Waals surface area contributed by atoms with Crippen molar-refractivity contribution in [2.24, 2.45) is 0 Å². The van der Waals surface area contributed by atoms with Crippen LogP contribution in [0.3, 0.4) is 0 Å². The van der Waals surface area contributed by atoms with Crippen molar-refractivity contribution in [2.75, 3.05) is 26.2 Å². The average Bonchev–Trinajstić information content (AvgIpc) is 2.82. The van der Waals surface area contributed by atoms with Crippen LogP contribution < -0.4 is 0 Å². The van der Waals surface area contributed by atoms with Crippen molar-refractivity contribution >= 4 is 16.3 Å². The summed E-state index contributed by atoms with van der Waals surface area (Å²) in [6, 6.07) is 22.1. The largest absolute Gasteiger partial charge is 0.358 e. The van der Waals surface area contributed by atoms with Crippen LogP contribution in [0, 0.1) is 0 Å². The molecule has 0 atom stereocenters. The van der Waals surface area contributed by atoms with E-state index in [1.807, 2.05) is 42.5 Å². The van der Waals surface area contributed by atoms with Gasteiger partial charge in [-0.2, -0.15) is 0 Å². The van der Waals surface area contributed by atoms with Gasteiger partial charge in [0.15, 0.2) is 0 Å². The summed E-state index contributed by atoms with van der Waals surface area (Å²) in [7, 11) is 0. The molecule has 0 amide bonds. The lowest BCUT2D eigenvalue weighted by atomic mass is 9.75. The van der Waals surface area contributed by atoms with Gasteiger partial charge in [0.2, 0.25) is 5.79 Å². The van der Waals surface area contributed by atoms with Crippen molar-refractivity contribution in [1.82, 2.24) is 9.80 Å². The first-order chi connectivity index (χ1) is 15.4. The minimum atomic E-state index is -2.08. The number of rotatable bonds is 7. The Morgan fingerprint density at radius 2 is 1.19 bits per heavy atom. The highest BCUT2D eigenvalue weighted by Gasteiger charge is 2.50. The number of benzene rings is 3. The molecule has 3 aromatic rings. The van der Waals surface area contributed by atoms with Crippen LogP contribution in [0.1, 0.15) is 44.4 Å². The first-order valence-electron chi connectivity index (χ1n) is 11.7. The first kappa shape index (κ1) is 22.7. The Hall–Kier alpha value is -2.50. The van der Waals surface area contributed by atoms with Gasteiger partial charge in [0.25, 0.3) is 0 Å². The van der Waals surface area contributed by atoms with Crippen LogP contribution >= 0.6 is 0 Å². The summed E-state index contributed by atoms with van der Waals surface area (Å²) in [5.41, 5.74) is 2.26. The third kappa shape index (κ3) is 3.39. The summed E-state index contributed by atoms with van der Waals surface area (Å²) in [6.45, 7) is 12.0. The van der Waals surface area contributed by atoms with Crippen LogP contribution in [0.25, 0.3) is 16.3 Å². The van der Waals surface area contributed by atoms with Crippen molar-refractivity contribution in [1.29, 1.82) is 0 Å². The lowest BCUT2D eigenvalue weighted by molar-refractivity contribution is -0.125. The standard InChI is InChI=1S/C28H34N2O2/c1-5-29(6-2)27(30(7-3)8-4)20-26(28(31,32)25-16-12-11-15-24(25)27)23-18-17-21-13-9-10-14-22(21)19-23/h9-20,31-32H,5-8H2,1-4H3. The number of hydrogen-bond acceptors (Lipinski definition) is 4. The molecule has 0 aliphatic heterocycles. The average molecular weight is 431 g/mol. The fourth-order valence-electron chi connectivity index (χ4n) is 5.41. The van der Waals surface area contributed by atoms with E-state index in [1.165, 1.54) is 0 Å². The maximum atomic E-state index is 11.5. The van der Waals surface area contributed by atoms with Crippen LogP contribution in [0.5, 0.6) is 0 Å². The number of hydrogen-bond donors (Lipinski definition) is 2. The van der Waals surface area contributed by atoms with Crippen molar-refractivity contribution in [3.8, 4) is 0 Å². The quantitative estimate of drug-likeness (QED) is 0.523. The van der Waals surface area contributed by atoms with Gasteiger partial charge < -0.3 is 10.2 Å². The monoisotopic (exact) mass is 430 g/mol. The van der Waals surface area contributed by atoms with Crippen LogP contribution in [0.4, 0.5) is 0 Å². The van der Waals surface area contributed by atoms with Crippen molar-refractivity contribution in [2.45, 2.75) is 39.1 Å². The molecule has 4 rings (SSSR count). The third-order valence-electron chi connectivity index (χ3n) is 6.97. The van der Waals surface area contributed by atoms with E-state index in [4.69, 9.17) is 0 Å². The highest BCUT2D eigenvalue weighted by Crippen LogP contribution is 2.49. The number of fused-ring (bicyclic) bond motifs is 2. The minimum Gasteiger partial charge on any atom is -0.358 e. The Labute approximate surface area is 191 Å². The fourth-order valence-corrected chi connectivity index (χ4v) is 5.41. The number of nitrogens with zero attached hydrogens (tertiary/aromatic N) is 2. The third-order valence-corrected chi connectivity index (χ3v) is 6.97. The Morgan fingerprint density at radius 1 is 0.656 bits per heavy atom. The van der Waals surface area contributed by atoms with Gasteiger partial charge in [0, 0.05) is 11.1 Å². The molecule has 0 saturated carbocycles.